The first kappa shape index (κ1) is 11.2. The zero-order valence-electron chi connectivity index (χ0n) is 9.11. The highest BCUT2D eigenvalue weighted by Gasteiger charge is 2.28. The smallest absolute Gasteiger partial charge is 0.342 e. The van der Waals surface area contributed by atoms with Crippen LogP contribution in [-0.4, -0.2) is 30.4 Å². The molecule has 0 unspecified atom stereocenters. The van der Waals surface area contributed by atoms with Crippen LogP contribution in [0.5, 0.6) is 0 Å². The summed E-state index contributed by atoms with van der Waals surface area (Å²) in [5, 5.41) is 1.15. The van der Waals surface area contributed by atoms with Crippen molar-refractivity contribution in [1.82, 2.24) is 10.3 Å². The van der Waals surface area contributed by atoms with E-state index in [0.717, 1.165) is 16.0 Å². The number of halogens is 1. The molecule has 0 atom stereocenters. The van der Waals surface area contributed by atoms with Gasteiger partial charge in [0.1, 0.15) is 12.4 Å². The lowest BCUT2D eigenvalue weighted by atomic mass is 10.2. The third kappa shape index (κ3) is 1.99. The maximum Gasteiger partial charge on any atom is 0.342 e. The molecule has 6 nitrogen and oxygen atoms in total. The van der Waals surface area contributed by atoms with Crippen LogP contribution in [0.15, 0.2) is 18.2 Å². The number of rotatable bonds is 1. The Morgan fingerprint density at radius 2 is 2.12 bits per heavy atom. The second kappa shape index (κ2) is 3.93. The Labute approximate surface area is 96.8 Å². The van der Waals surface area contributed by atoms with Gasteiger partial charge in [-0.1, -0.05) is 0 Å². The SMILES string of the molecule is CN1C(=O)CN(c2ccc(N)cc2F)NC1=O. The predicted octanol–water partition coefficient (Wildman–Crippen LogP) is 0.311. The van der Waals surface area contributed by atoms with E-state index in [0.29, 0.717) is 0 Å². The summed E-state index contributed by atoms with van der Waals surface area (Å²) in [5.74, 6) is -1.01. The quantitative estimate of drug-likeness (QED) is 0.690. The van der Waals surface area contributed by atoms with Crippen molar-refractivity contribution in [3.63, 3.8) is 0 Å². The fourth-order valence-corrected chi connectivity index (χ4v) is 1.47. The molecule has 3 N–H and O–H groups in total. The average Bonchev–Trinajstić information content (AvgIpc) is 2.25. The summed E-state index contributed by atoms with van der Waals surface area (Å²) >= 11 is 0. The zero-order chi connectivity index (χ0) is 12.6. The van der Waals surface area contributed by atoms with Crippen molar-refractivity contribution in [3.05, 3.63) is 24.0 Å². The van der Waals surface area contributed by atoms with Gasteiger partial charge in [0.05, 0.1) is 5.69 Å². The molecule has 7 heteroatoms. The lowest BCUT2D eigenvalue weighted by Gasteiger charge is -2.32. The van der Waals surface area contributed by atoms with Crippen LogP contribution in [0.2, 0.25) is 0 Å². The van der Waals surface area contributed by atoms with Crippen LogP contribution in [0.4, 0.5) is 20.6 Å². The molecule has 0 radical (unpaired) electrons. The lowest BCUT2D eigenvalue weighted by Crippen LogP contribution is -2.59. The van der Waals surface area contributed by atoms with Gasteiger partial charge >= 0.3 is 6.03 Å². The van der Waals surface area contributed by atoms with E-state index < -0.39 is 17.8 Å². The number of nitrogens with one attached hydrogen (secondary N) is 1. The Balaban J connectivity index is 2.29. The summed E-state index contributed by atoms with van der Waals surface area (Å²) in [6, 6.07) is 3.43. The molecule has 1 aliphatic heterocycles. The number of hydrogen-bond donors (Lipinski definition) is 2. The summed E-state index contributed by atoms with van der Waals surface area (Å²) in [6.07, 6.45) is 0. The molecule has 1 heterocycles. The fourth-order valence-electron chi connectivity index (χ4n) is 1.47. The van der Waals surface area contributed by atoms with Crippen molar-refractivity contribution in [3.8, 4) is 0 Å². The van der Waals surface area contributed by atoms with Crippen LogP contribution in [0, 0.1) is 5.82 Å². The molecule has 0 spiro atoms. The monoisotopic (exact) mass is 238 g/mol. The van der Waals surface area contributed by atoms with Crippen molar-refractivity contribution in [2.45, 2.75) is 0 Å². The molecule has 2 rings (SSSR count). The van der Waals surface area contributed by atoms with Gasteiger partial charge in [-0.05, 0) is 18.2 Å². The van der Waals surface area contributed by atoms with Crippen molar-refractivity contribution < 1.29 is 14.0 Å². The molecule has 1 aliphatic rings. The van der Waals surface area contributed by atoms with Crippen LogP contribution in [0.3, 0.4) is 0 Å². The van der Waals surface area contributed by atoms with E-state index in [4.69, 9.17) is 5.73 Å². The number of carbonyl (C=O) groups is 2. The second-order valence-corrected chi connectivity index (χ2v) is 3.67. The molecule has 1 aromatic rings. The first-order valence-electron chi connectivity index (χ1n) is 4.89. The molecular formula is C10H11FN4O2. The topological polar surface area (TPSA) is 78.7 Å². The Hall–Kier alpha value is -2.31. The first-order chi connectivity index (χ1) is 7.99. The third-order valence-corrected chi connectivity index (χ3v) is 2.47. The summed E-state index contributed by atoms with van der Waals surface area (Å²) in [6.45, 7) is -0.122. The average molecular weight is 238 g/mol. The Morgan fingerprint density at radius 1 is 1.41 bits per heavy atom. The Kier molecular flexibility index (Phi) is 2.58. The fraction of sp³-hybridized carbons (Fsp3) is 0.200. The summed E-state index contributed by atoms with van der Waals surface area (Å²) in [7, 11) is 1.36. The van der Waals surface area contributed by atoms with Crippen molar-refractivity contribution in [2.24, 2.45) is 0 Å². The van der Waals surface area contributed by atoms with Gasteiger partial charge in [0.2, 0.25) is 0 Å². The molecule has 1 aromatic carbocycles. The number of hydrazine groups is 1. The largest absolute Gasteiger partial charge is 0.399 e. The highest BCUT2D eigenvalue weighted by molar-refractivity contribution is 5.99. The van der Waals surface area contributed by atoms with E-state index in [-0.39, 0.29) is 17.9 Å². The van der Waals surface area contributed by atoms with Crippen LogP contribution in [0.25, 0.3) is 0 Å². The molecule has 3 amide bonds. The van der Waals surface area contributed by atoms with E-state index in [9.17, 15) is 14.0 Å². The Bertz CT molecular complexity index is 473. The van der Waals surface area contributed by atoms with E-state index in [2.05, 4.69) is 5.43 Å². The maximum atomic E-state index is 13.6. The zero-order valence-corrected chi connectivity index (χ0v) is 9.11. The number of amides is 3. The highest BCUT2D eigenvalue weighted by atomic mass is 19.1. The molecule has 0 aliphatic carbocycles. The molecule has 0 saturated carbocycles. The Morgan fingerprint density at radius 3 is 2.71 bits per heavy atom. The van der Waals surface area contributed by atoms with E-state index in [1.165, 1.54) is 19.2 Å². The molecule has 1 saturated heterocycles. The number of carbonyl (C=O) groups excluding carboxylic acids is 2. The number of likely N-dealkylation sites (N-methyl/N-ethyl adjacent to an activating group) is 1. The summed E-state index contributed by atoms with van der Waals surface area (Å²) < 4.78 is 13.6. The van der Waals surface area contributed by atoms with Gasteiger partial charge in [-0.25, -0.2) is 14.6 Å². The number of nitrogen functional groups attached to an aromatic ring is 1. The van der Waals surface area contributed by atoms with Crippen molar-refractivity contribution in [1.29, 1.82) is 0 Å². The normalized spacial score (nSPS) is 16.1. The minimum atomic E-state index is -0.600. The molecular weight excluding hydrogens is 227 g/mol. The van der Waals surface area contributed by atoms with Gasteiger partial charge in [0, 0.05) is 12.7 Å². The number of benzene rings is 1. The summed E-state index contributed by atoms with van der Waals surface area (Å²) in [5.41, 5.74) is 8.19. The predicted molar refractivity (Wildman–Crippen MR) is 59.5 cm³/mol. The van der Waals surface area contributed by atoms with Crippen LogP contribution < -0.4 is 16.2 Å². The lowest BCUT2D eigenvalue weighted by molar-refractivity contribution is -0.126. The number of nitrogens with two attached hydrogens (primary N) is 1. The maximum absolute atomic E-state index is 13.6. The first-order valence-corrected chi connectivity index (χ1v) is 4.89. The van der Waals surface area contributed by atoms with Crippen molar-refractivity contribution in [2.75, 3.05) is 24.3 Å². The van der Waals surface area contributed by atoms with E-state index in [1.54, 1.807) is 0 Å². The highest BCUT2D eigenvalue weighted by Crippen LogP contribution is 2.21. The standard InChI is InChI=1S/C10H11FN4O2/c1-14-9(16)5-15(13-10(14)17)8-3-2-6(12)4-7(8)11/h2-4H,5,12H2,1H3,(H,13,17). The van der Waals surface area contributed by atoms with Gasteiger partial charge in [0.15, 0.2) is 0 Å². The van der Waals surface area contributed by atoms with Gasteiger partial charge in [-0.15, -0.1) is 0 Å². The van der Waals surface area contributed by atoms with Gasteiger partial charge in [-0.2, -0.15) is 0 Å². The van der Waals surface area contributed by atoms with Gasteiger partial charge < -0.3 is 5.73 Å². The number of urea groups is 1. The van der Waals surface area contributed by atoms with Crippen LogP contribution in [0.1, 0.15) is 0 Å². The second-order valence-electron chi connectivity index (χ2n) is 3.67. The van der Waals surface area contributed by atoms with Gasteiger partial charge in [-0.3, -0.25) is 14.7 Å². The molecule has 0 bridgehead atoms. The van der Waals surface area contributed by atoms with Gasteiger partial charge in [0.25, 0.3) is 5.91 Å². The van der Waals surface area contributed by atoms with E-state index in [1.807, 2.05) is 0 Å². The van der Waals surface area contributed by atoms with Crippen LogP contribution >= 0.6 is 0 Å². The molecule has 17 heavy (non-hydrogen) atoms. The number of imide groups is 1. The van der Waals surface area contributed by atoms with Crippen LogP contribution in [-0.2, 0) is 4.79 Å². The summed E-state index contributed by atoms with van der Waals surface area (Å²) in [4.78, 5) is 23.8. The molecule has 1 fully saturated rings. The van der Waals surface area contributed by atoms with Crippen molar-refractivity contribution >= 4 is 23.3 Å². The molecule has 90 valence electrons. The number of hydrogen-bond acceptors (Lipinski definition) is 4. The minimum absolute atomic E-state index is 0.106. The minimum Gasteiger partial charge on any atom is -0.399 e. The third-order valence-electron chi connectivity index (χ3n) is 2.47. The number of anilines is 2. The molecule has 0 aromatic heterocycles. The number of nitrogens with zero attached hydrogens (tertiary/aromatic N) is 2. The van der Waals surface area contributed by atoms with E-state index >= 15 is 0 Å².